The van der Waals surface area contributed by atoms with Crippen molar-refractivity contribution in [2.45, 2.75) is 32.9 Å². The predicted octanol–water partition coefficient (Wildman–Crippen LogP) is 1.38. The highest BCUT2D eigenvalue weighted by atomic mass is 16.6. The zero-order valence-corrected chi connectivity index (χ0v) is 10.9. The largest absolute Gasteiger partial charge is 0.456 e. The van der Waals surface area contributed by atoms with Gasteiger partial charge in [0.05, 0.1) is 5.56 Å². The Hall–Kier alpha value is -1.88. The standard InChI is InChI=1S/C13H19N3O2/c1-13(2,3)18-12(17)8-4-5-10(11(15)16)9(6-8)7-14/h4-6H,7,14H2,1-3H3,(H3,15,16). The molecule has 98 valence electrons. The van der Waals surface area contributed by atoms with Gasteiger partial charge in [-0.2, -0.15) is 0 Å². The lowest BCUT2D eigenvalue weighted by atomic mass is 10.0. The first-order valence-corrected chi connectivity index (χ1v) is 5.65. The van der Waals surface area contributed by atoms with E-state index in [9.17, 15) is 4.79 Å². The molecular formula is C13H19N3O2. The Labute approximate surface area is 107 Å². The smallest absolute Gasteiger partial charge is 0.338 e. The van der Waals surface area contributed by atoms with Gasteiger partial charge in [-0.05, 0) is 38.5 Å². The number of ether oxygens (including phenoxy) is 1. The summed E-state index contributed by atoms with van der Waals surface area (Å²) in [5.41, 5.74) is 12.1. The number of amidine groups is 1. The highest BCUT2D eigenvalue weighted by Crippen LogP contribution is 2.16. The lowest BCUT2D eigenvalue weighted by Gasteiger charge is -2.20. The first-order chi connectivity index (χ1) is 8.24. The molecule has 5 nitrogen and oxygen atoms in total. The number of carbonyl (C=O) groups is 1. The Kier molecular flexibility index (Phi) is 4.08. The maximum atomic E-state index is 11.9. The second kappa shape index (κ2) is 5.18. The van der Waals surface area contributed by atoms with Crippen LogP contribution in [-0.4, -0.2) is 17.4 Å². The van der Waals surface area contributed by atoms with Crippen LogP contribution in [0.15, 0.2) is 18.2 Å². The average molecular weight is 249 g/mol. The Morgan fingerprint density at radius 3 is 2.44 bits per heavy atom. The van der Waals surface area contributed by atoms with Crippen LogP contribution in [0.5, 0.6) is 0 Å². The molecule has 0 aliphatic carbocycles. The highest BCUT2D eigenvalue weighted by Gasteiger charge is 2.18. The predicted molar refractivity (Wildman–Crippen MR) is 70.5 cm³/mol. The molecule has 0 saturated carbocycles. The van der Waals surface area contributed by atoms with Gasteiger partial charge in [0.15, 0.2) is 0 Å². The third-order valence-corrected chi connectivity index (χ3v) is 2.25. The van der Waals surface area contributed by atoms with Crippen molar-refractivity contribution in [3.63, 3.8) is 0 Å². The molecule has 0 amide bonds. The van der Waals surface area contributed by atoms with Crippen LogP contribution in [0, 0.1) is 5.41 Å². The number of nitrogens with two attached hydrogens (primary N) is 2. The minimum atomic E-state index is -0.542. The third kappa shape index (κ3) is 3.56. The third-order valence-electron chi connectivity index (χ3n) is 2.25. The van der Waals surface area contributed by atoms with Crippen molar-refractivity contribution in [1.29, 1.82) is 5.41 Å². The maximum absolute atomic E-state index is 11.9. The average Bonchev–Trinajstić information content (AvgIpc) is 2.25. The number of benzene rings is 1. The van der Waals surface area contributed by atoms with Crippen molar-refractivity contribution in [2.24, 2.45) is 11.5 Å². The highest BCUT2D eigenvalue weighted by molar-refractivity contribution is 5.98. The lowest BCUT2D eigenvalue weighted by molar-refractivity contribution is 0.00694. The van der Waals surface area contributed by atoms with Crippen LogP contribution in [0.2, 0.25) is 0 Å². The van der Waals surface area contributed by atoms with Gasteiger partial charge in [-0.15, -0.1) is 0 Å². The quantitative estimate of drug-likeness (QED) is 0.428. The first kappa shape index (κ1) is 14.2. The molecule has 0 bridgehead atoms. The van der Waals surface area contributed by atoms with E-state index in [1.165, 1.54) is 0 Å². The van der Waals surface area contributed by atoms with Crippen LogP contribution in [0.1, 0.15) is 42.3 Å². The molecule has 0 atom stereocenters. The van der Waals surface area contributed by atoms with Gasteiger partial charge in [0.25, 0.3) is 0 Å². The van der Waals surface area contributed by atoms with Crippen LogP contribution in [0.4, 0.5) is 0 Å². The van der Waals surface area contributed by atoms with E-state index in [-0.39, 0.29) is 12.4 Å². The zero-order chi connectivity index (χ0) is 13.9. The van der Waals surface area contributed by atoms with Gasteiger partial charge in [-0.25, -0.2) is 4.79 Å². The van der Waals surface area contributed by atoms with Gasteiger partial charge in [-0.1, -0.05) is 6.07 Å². The topological polar surface area (TPSA) is 102 Å². The summed E-state index contributed by atoms with van der Waals surface area (Å²) in [6.45, 7) is 5.63. The van der Waals surface area contributed by atoms with Gasteiger partial charge in [-0.3, -0.25) is 5.41 Å². The van der Waals surface area contributed by atoms with Crippen LogP contribution >= 0.6 is 0 Å². The maximum Gasteiger partial charge on any atom is 0.338 e. The van der Waals surface area contributed by atoms with Crippen molar-refractivity contribution in [2.75, 3.05) is 0 Å². The van der Waals surface area contributed by atoms with E-state index in [1.54, 1.807) is 39.0 Å². The molecule has 1 aromatic rings. The molecule has 5 N–H and O–H groups in total. The van der Waals surface area contributed by atoms with E-state index < -0.39 is 11.6 Å². The summed E-state index contributed by atoms with van der Waals surface area (Å²) < 4.78 is 5.26. The molecular weight excluding hydrogens is 230 g/mol. The first-order valence-electron chi connectivity index (χ1n) is 5.65. The SMILES string of the molecule is CC(C)(C)OC(=O)c1ccc(C(=N)N)c(CN)c1. The van der Waals surface area contributed by atoms with Crippen LogP contribution in [0.25, 0.3) is 0 Å². The van der Waals surface area contributed by atoms with E-state index in [0.29, 0.717) is 16.7 Å². The Balaban J connectivity index is 3.06. The fraction of sp³-hybridized carbons (Fsp3) is 0.385. The summed E-state index contributed by atoms with van der Waals surface area (Å²) in [6.07, 6.45) is 0. The van der Waals surface area contributed by atoms with E-state index in [4.69, 9.17) is 21.6 Å². The molecule has 0 spiro atoms. The molecule has 0 fully saturated rings. The molecule has 5 heteroatoms. The van der Waals surface area contributed by atoms with Crippen LogP contribution < -0.4 is 11.5 Å². The molecule has 1 aromatic carbocycles. The monoisotopic (exact) mass is 249 g/mol. The number of rotatable bonds is 3. The minimum absolute atomic E-state index is 0.0637. The Bertz CT molecular complexity index is 476. The second-order valence-corrected chi connectivity index (χ2v) is 4.99. The number of carbonyl (C=O) groups excluding carboxylic acids is 1. The molecule has 0 heterocycles. The van der Waals surface area contributed by atoms with E-state index >= 15 is 0 Å². The lowest BCUT2D eigenvalue weighted by Crippen LogP contribution is -2.24. The molecule has 0 radical (unpaired) electrons. The zero-order valence-electron chi connectivity index (χ0n) is 10.9. The van der Waals surface area contributed by atoms with Gasteiger partial charge in [0.1, 0.15) is 11.4 Å². The normalized spacial score (nSPS) is 11.1. The van der Waals surface area contributed by atoms with Crippen molar-refractivity contribution in [3.8, 4) is 0 Å². The Morgan fingerprint density at radius 1 is 1.39 bits per heavy atom. The van der Waals surface area contributed by atoms with Gasteiger partial charge >= 0.3 is 5.97 Å². The van der Waals surface area contributed by atoms with E-state index in [2.05, 4.69) is 0 Å². The number of hydrogen-bond acceptors (Lipinski definition) is 4. The fourth-order valence-electron chi connectivity index (χ4n) is 1.49. The number of hydrogen-bond donors (Lipinski definition) is 3. The summed E-state index contributed by atoms with van der Waals surface area (Å²) in [5, 5.41) is 7.41. The minimum Gasteiger partial charge on any atom is -0.456 e. The Morgan fingerprint density at radius 2 is 2.00 bits per heavy atom. The van der Waals surface area contributed by atoms with Crippen molar-refractivity contribution in [1.82, 2.24) is 0 Å². The number of nitrogen functional groups attached to an aromatic ring is 1. The molecule has 0 saturated heterocycles. The van der Waals surface area contributed by atoms with Crippen molar-refractivity contribution in [3.05, 3.63) is 34.9 Å². The molecule has 1 rings (SSSR count). The molecule has 0 aromatic heterocycles. The summed E-state index contributed by atoms with van der Waals surface area (Å²) in [4.78, 5) is 11.9. The molecule has 0 aliphatic rings. The summed E-state index contributed by atoms with van der Waals surface area (Å²) in [6, 6.07) is 4.82. The van der Waals surface area contributed by atoms with Gasteiger partial charge < -0.3 is 16.2 Å². The van der Waals surface area contributed by atoms with Crippen LogP contribution in [0.3, 0.4) is 0 Å². The van der Waals surface area contributed by atoms with Crippen molar-refractivity contribution >= 4 is 11.8 Å². The summed E-state index contributed by atoms with van der Waals surface area (Å²) >= 11 is 0. The summed E-state index contributed by atoms with van der Waals surface area (Å²) in [7, 11) is 0. The second-order valence-electron chi connectivity index (χ2n) is 4.99. The summed E-state index contributed by atoms with van der Waals surface area (Å²) in [5.74, 6) is -0.474. The van der Waals surface area contributed by atoms with E-state index in [1.807, 2.05) is 0 Å². The molecule has 18 heavy (non-hydrogen) atoms. The van der Waals surface area contributed by atoms with Crippen LogP contribution in [-0.2, 0) is 11.3 Å². The fourth-order valence-corrected chi connectivity index (χ4v) is 1.49. The molecule has 0 unspecified atom stereocenters. The number of esters is 1. The number of nitrogens with one attached hydrogen (secondary N) is 1. The van der Waals surface area contributed by atoms with E-state index in [0.717, 1.165) is 0 Å². The molecule has 0 aliphatic heterocycles. The van der Waals surface area contributed by atoms with Crippen molar-refractivity contribution < 1.29 is 9.53 Å². The van der Waals surface area contributed by atoms with Gasteiger partial charge in [0, 0.05) is 12.1 Å². The van der Waals surface area contributed by atoms with Gasteiger partial charge in [0.2, 0.25) is 0 Å².